The lowest BCUT2D eigenvalue weighted by atomic mass is 10.0. The Hall–Kier alpha value is -1.26. The Balaban J connectivity index is 1.78. The van der Waals surface area contributed by atoms with Gasteiger partial charge in [-0.3, -0.25) is 0 Å². The predicted molar refractivity (Wildman–Crippen MR) is 73.3 cm³/mol. The van der Waals surface area contributed by atoms with Gasteiger partial charge in [0.15, 0.2) is 0 Å². The van der Waals surface area contributed by atoms with E-state index < -0.39 is 17.7 Å². The molecule has 0 amide bonds. The van der Waals surface area contributed by atoms with Crippen LogP contribution < -0.4 is 0 Å². The average Bonchev–Trinajstić information content (AvgIpc) is 2.80. The minimum absolute atomic E-state index is 0.291. The van der Waals surface area contributed by atoms with Crippen molar-refractivity contribution in [2.24, 2.45) is 0 Å². The summed E-state index contributed by atoms with van der Waals surface area (Å²) in [5, 5.41) is 11.9. The molecule has 1 nitrogen and oxygen atoms in total. The average molecular weight is 282 g/mol. The van der Waals surface area contributed by atoms with Crippen molar-refractivity contribution in [1.29, 1.82) is 0 Å². The van der Waals surface area contributed by atoms with Crippen molar-refractivity contribution < 1.29 is 13.9 Å². The number of halogens is 2. The van der Waals surface area contributed by atoms with Crippen molar-refractivity contribution in [3.8, 4) is 0 Å². The molecule has 0 spiro atoms. The van der Waals surface area contributed by atoms with E-state index in [9.17, 15) is 13.9 Å². The first-order chi connectivity index (χ1) is 9.13. The SMILES string of the molecule is OC(CCCc1cccs1)Cc1cc(F)cc(F)c1. The molecule has 0 aliphatic rings. The van der Waals surface area contributed by atoms with Crippen molar-refractivity contribution in [2.75, 3.05) is 0 Å². The molecule has 1 heterocycles. The Morgan fingerprint density at radius 1 is 1.16 bits per heavy atom. The van der Waals surface area contributed by atoms with Crippen LogP contribution in [-0.2, 0) is 12.8 Å². The quantitative estimate of drug-likeness (QED) is 0.850. The third-order valence-corrected chi connectivity index (χ3v) is 3.87. The van der Waals surface area contributed by atoms with Gasteiger partial charge in [0, 0.05) is 10.9 Å². The minimum Gasteiger partial charge on any atom is -0.393 e. The largest absolute Gasteiger partial charge is 0.393 e. The topological polar surface area (TPSA) is 20.2 Å². The lowest BCUT2D eigenvalue weighted by Crippen LogP contribution is -2.11. The number of benzene rings is 1. The van der Waals surface area contributed by atoms with Gasteiger partial charge >= 0.3 is 0 Å². The molecule has 0 bridgehead atoms. The number of aliphatic hydroxyl groups excluding tert-OH is 1. The van der Waals surface area contributed by atoms with Gasteiger partial charge < -0.3 is 5.11 Å². The smallest absolute Gasteiger partial charge is 0.126 e. The molecular formula is C15H16F2OS. The van der Waals surface area contributed by atoms with Crippen LogP contribution in [0.5, 0.6) is 0 Å². The zero-order valence-corrected chi connectivity index (χ0v) is 11.3. The summed E-state index contributed by atoms with van der Waals surface area (Å²) in [6.45, 7) is 0. The van der Waals surface area contributed by atoms with Gasteiger partial charge in [-0.1, -0.05) is 6.07 Å². The maximum absolute atomic E-state index is 13.0. The molecule has 1 aromatic heterocycles. The fraction of sp³-hybridized carbons (Fsp3) is 0.333. The highest BCUT2D eigenvalue weighted by atomic mass is 32.1. The monoisotopic (exact) mass is 282 g/mol. The molecule has 2 rings (SSSR count). The molecule has 0 saturated carbocycles. The maximum Gasteiger partial charge on any atom is 0.126 e. The zero-order valence-electron chi connectivity index (χ0n) is 10.5. The summed E-state index contributed by atoms with van der Waals surface area (Å²) in [7, 11) is 0. The maximum atomic E-state index is 13.0. The van der Waals surface area contributed by atoms with Crippen LogP contribution >= 0.6 is 11.3 Å². The normalized spacial score (nSPS) is 12.6. The zero-order chi connectivity index (χ0) is 13.7. The Labute approximate surface area is 115 Å². The van der Waals surface area contributed by atoms with Gasteiger partial charge in [0.2, 0.25) is 0 Å². The Morgan fingerprint density at radius 2 is 1.89 bits per heavy atom. The molecule has 4 heteroatoms. The van der Waals surface area contributed by atoms with Gasteiger partial charge in [-0.05, 0) is 54.8 Å². The first kappa shape index (κ1) is 14.2. The summed E-state index contributed by atoms with van der Waals surface area (Å²) in [5.74, 6) is -1.19. The molecule has 1 atom stereocenters. The number of hydrogen-bond donors (Lipinski definition) is 1. The highest BCUT2D eigenvalue weighted by Gasteiger charge is 2.08. The molecule has 0 fully saturated rings. The standard InChI is InChI=1S/C15H16F2OS/c16-12-7-11(8-13(17)10-12)9-14(18)3-1-4-15-5-2-6-19-15/h2,5-8,10,14,18H,1,3-4,9H2. The summed E-state index contributed by atoms with van der Waals surface area (Å²) in [6, 6.07) is 7.45. The van der Waals surface area contributed by atoms with Gasteiger partial charge in [-0.2, -0.15) is 0 Å². The fourth-order valence-electron chi connectivity index (χ4n) is 2.07. The number of thiophene rings is 1. The highest BCUT2D eigenvalue weighted by Crippen LogP contribution is 2.15. The van der Waals surface area contributed by atoms with E-state index in [0.717, 1.165) is 18.9 Å². The van der Waals surface area contributed by atoms with E-state index in [-0.39, 0.29) is 0 Å². The van der Waals surface area contributed by atoms with Crippen LogP contribution in [0.15, 0.2) is 35.7 Å². The van der Waals surface area contributed by atoms with Crippen LogP contribution in [0.3, 0.4) is 0 Å². The molecule has 102 valence electrons. The molecule has 0 aliphatic heterocycles. The van der Waals surface area contributed by atoms with Gasteiger partial charge in [0.05, 0.1) is 6.10 Å². The van der Waals surface area contributed by atoms with Crippen LogP contribution in [0, 0.1) is 11.6 Å². The van der Waals surface area contributed by atoms with E-state index in [1.807, 2.05) is 11.4 Å². The molecule has 0 saturated heterocycles. The molecule has 0 radical (unpaired) electrons. The van der Waals surface area contributed by atoms with Crippen molar-refractivity contribution >= 4 is 11.3 Å². The number of aryl methyl sites for hydroxylation is 1. The summed E-state index contributed by atoms with van der Waals surface area (Å²) in [5.41, 5.74) is 0.501. The van der Waals surface area contributed by atoms with Crippen LogP contribution in [0.1, 0.15) is 23.3 Å². The Morgan fingerprint density at radius 3 is 2.53 bits per heavy atom. The van der Waals surface area contributed by atoms with Crippen LogP contribution in [0.2, 0.25) is 0 Å². The summed E-state index contributed by atoms with van der Waals surface area (Å²) in [6.07, 6.45) is 2.18. The summed E-state index contributed by atoms with van der Waals surface area (Å²) >= 11 is 1.70. The highest BCUT2D eigenvalue weighted by molar-refractivity contribution is 7.09. The number of rotatable bonds is 6. The molecule has 1 aromatic carbocycles. The van der Waals surface area contributed by atoms with Crippen LogP contribution in [0.4, 0.5) is 8.78 Å². The number of aliphatic hydroxyl groups is 1. The van der Waals surface area contributed by atoms with E-state index in [1.165, 1.54) is 17.0 Å². The van der Waals surface area contributed by atoms with Gasteiger partial charge in [-0.15, -0.1) is 11.3 Å². The summed E-state index contributed by atoms with van der Waals surface area (Å²) < 4.78 is 26.0. The summed E-state index contributed by atoms with van der Waals surface area (Å²) in [4.78, 5) is 1.30. The molecule has 0 aliphatic carbocycles. The van der Waals surface area contributed by atoms with Crippen molar-refractivity contribution in [3.63, 3.8) is 0 Å². The van der Waals surface area contributed by atoms with Gasteiger partial charge in [-0.25, -0.2) is 8.78 Å². The lowest BCUT2D eigenvalue weighted by Gasteiger charge is -2.10. The first-order valence-corrected chi connectivity index (χ1v) is 7.17. The second-order valence-corrected chi connectivity index (χ2v) is 5.64. The van der Waals surface area contributed by atoms with Gasteiger partial charge in [0.1, 0.15) is 11.6 Å². The Bertz CT molecular complexity index is 491. The third kappa shape index (κ3) is 4.73. The first-order valence-electron chi connectivity index (χ1n) is 6.29. The molecule has 1 unspecified atom stereocenters. The van der Waals surface area contributed by atoms with Crippen molar-refractivity contribution in [2.45, 2.75) is 31.8 Å². The number of hydrogen-bond acceptors (Lipinski definition) is 2. The lowest BCUT2D eigenvalue weighted by molar-refractivity contribution is 0.162. The van der Waals surface area contributed by atoms with E-state index in [4.69, 9.17) is 0 Å². The van der Waals surface area contributed by atoms with Gasteiger partial charge in [0.25, 0.3) is 0 Å². The fourth-order valence-corrected chi connectivity index (χ4v) is 2.82. The second kappa shape index (κ2) is 6.78. The van der Waals surface area contributed by atoms with E-state index in [0.29, 0.717) is 18.4 Å². The van der Waals surface area contributed by atoms with Crippen LogP contribution in [0.25, 0.3) is 0 Å². The van der Waals surface area contributed by atoms with Crippen LogP contribution in [-0.4, -0.2) is 11.2 Å². The molecule has 19 heavy (non-hydrogen) atoms. The van der Waals surface area contributed by atoms with Crippen molar-refractivity contribution in [3.05, 3.63) is 57.8 Å². The Kier molecular flexibility index (Phi) is 5.05. The van der Waals surface area contributed by atoms with E-state index in [2.05, 4.69) is 6.07 Å². The van der Waals surface area contributed by atoms with E-state index in [1.54, 1.807) is 11.3 Å². The molecular weight excluding hydrogens is 266 g/mol. The minimum atomic E-state index is -0.596. The van der Waals surface area contributed by atoms with E-state index >= 15 is 0 Å². The second-order valence-electron chi connectivity index (χ2n) is 4.61. The van der Waals surface area contributed by atoms with Crippen molar-refractivity contribution in [1.82, 2.24) is 0 Å². The molecule has 1 N–H and O–H groups in total. The third-order valence-electron chi connectivity index (χ3n) is 2.93. The molecule has 2 aromatic rings. The predicted octanol–water partition coefficient (Wildman–Crippen LogP) is 3.95.